The summed E-state index contributed by atoms with van der Waals surface area (Å²) in [5, 5.41) is 4.36. The van der Waals surface area contributed by atoms with Crippen molar-refractivity contribution in [1.29, 1.82) is 0 Å². The highest BCUT2D eigenvalue weighted by atomic mass is 19.1. The van der Waals surface area contributed by atoms with Crippen LogP contribution in [0.4, 0.5) is 10.1 Å². The number of fused-ring (bicyclic) bond motifs is 1. The van der Waals surface area contributed by atoms with Gasteiger partial charge in [-0.05, 0) is 26.0 Å². The van der Waals surface area contributed by atoms with Crippen LogP contribution in [-0.2, 0) is 4.74 Å². The zero-order chi connectivity index (χ0) is 18.3. The molecule has 1 aliphatic heterocycles. The Bertz CT molecular complexity index is 950. The van der Waals surface area contributed by atoms with Gasteiger partial charge in [-0.2, -0.15) is 0 Å². The third kappa shape index (κ3) is 2.72. The van der Waals surface area contributed by atoms with Gasteiger partial charge in [-0.1, -0.05) is 5.16 Å². The summed E-state index contributed by atoms with van der Waals surface area (Å²) in [7, 11) is 0. The molecule has 26 heavy (non-hydrogen) atoms. The van der Waals surface area contributed by atoms with Crippen LogP contribution in [0.1, 0.15) is 24.2 Å². The standard InChI is InChI=1S/C18H17FN4O3/c1-10-6-23(7-11(2)25-10)17-12(8-24)5-13-16(14-3-4-20-9-21-14)22-26-18(13)15(17)19/h3-5,8-11H,6-7H2,1-2H3. The predicted molar refractivity (Wildman–Crippen MR) is 92.6 cm³/mol. The molecule has 8 heteroatoms. The fourth-order valence-corrected chi connectivity index (χ4v) is 3.43. The van der Waals surface area contributed by atoms with Gasteiger partial charge >= 0.3 is 0 Å². The minimum atomic E-state index is -0.598. The summed E-state index contributed by atoms with van der Waals surface area (Å²) in [6.45, 7) is 4.81. The van der Waals surface area contributed by atoms with Gasteiger partial charge in [-0.3, -0.25) is 4.79 Å². The Morgan fingerprint density at radius 3 is 2.73 bits per heavy atom. The summed E-state index contributed by atoms with van der Waals surface area (Å²) in [5.74, 6) is -0.598. The zero-order valence-corrected chi connectivity index (χ0v) is 14.3. The molecular formula is C18H17FN4O3. The van der Waals surface area contributed by atoms with Crippen molar-refractivity contribution in [3.63, 3.8) is 0 Å². The van der Waals surface area contributed by atoms with Gasteiger partial charge in [-0.25, -0.2) is 14.4 Å². The van der Waals surface area contributed by atoms with Gasteiger partial charge in [0, 0.05) is 24.8 Å². The number of aromatic nitrogens is 3. The lowest BCUT2D eigenvalue weighted by Crippen LogP contribution is -2.46. The summed E-state index contributed by atoms with van der Waals surface area (Å²) in [6, 6.07) is 3.24. The van der Waals surface area contributed by atoms with Crippen molar-refractivity contribution in [1.82, 2.24) is 15.1 Å². The first kappa shape index (κ1) is 16.6. The van der Waals surface area contributed by atoms with Gasteiger partial charge in [0.25, 0.3) is 0 Å². The lowest BCUT2D eigenvalue weighted by Gasteiger charge is -2.37. The smallest absolute Gasteiger partial charge is 0.205 e. The number of aldehydes is 1. The molecule has 0 aliphatic carbocycles. The summed E-state index contributed by atoms with van der Waals surface area (Å²) >= 11 is 0. The van der Waals surface area contributed by atoms with Gasteiger partial charge in [0.15, 0.2) is 12.1 Å². The molecule has 3 aromatic rings. The van der Waals surface area contributed by atoms with Crippen LogP contribution in [-0.4, -0.2) is 46.7 Å². The van der Waals surface area contributed by atoms with Crippen LogP contribution in [0, 0.1) is 5.82 Å². The van der Waals surface area contributed by atoms with E-state index in [-0.39, 0.29) is 29.0 Å². The quantitative estimate of drug-likeness (QED) is 0.668. The second-order valence-corrected chi connectivity index (χ2v) is 6.41. The van der Waals surface area contributed by atoms with Crippen molar-refractivity contribution in [2.24, 2.45) is 0 Å². The Morgan fingerprint density at radius 1 is 1.31 bits per heavy atom. The van der Waals surface area contributed by atoms with Crippen molar-refractivity contribution in [2.45, 2.75) is 26.1 Å². The molecule has 0 amide bonds. The molecule has 0 radical (unpaired) electrons. The Labute approximate surface area is 148 Å². The molecule has 7 nitrogen and oxygen atoms in total. The highest BCUT2D eigenvalue weighted by Crippen LogP contribution is 2.36. The number of carbonyl (C=O) groups is 1. The number of benzene rings is 1. The highest BCUT2D eigenvalue weighted by Gasteiger charge is 2.29. The SMILES string of the molecule is CC1CN(c2c(C=O)cc3c(-c4ccncn4)noc3c2F)CC(C)O1. The van der Waals surface area contributed by atoms with Gasteiger partial charge in [0.1, 0.15) is 12.0 Å². The lowest BCUT2D eigenvalue weighted by molar-refractivity contribution is -0.00543. The number of ether oxygens (including phenoxy) is 1. The predicted octanol–water partition coefficient (Wildman–Crippen LogP) is 2.85. The maximum atomic E-state index is 15.3. The van der Waals surface area contributed by atoms with Crippen LogP contribution in [0.15, 0.2) is 29.2 Å². The summed E-state index contributed by atoms with van der Waals surface area (Å²) in [4.78, 5) is 21.5. The zero-order valence-electron chi connectivity index (χ0n) is 14.3. The topological polar surface area (TPSA) is 81.4 Å². The maximum absolute atomic E-state index is 15.3. The van der Waals surface area contributed by atoms with E-state index >= 15 is 4.39 Å². The molecule has 1 fully saturated rings. The first-order chi connectivity index (χ1) is 12.6. The number of morpholine rings is 1. The molecule has 4 rings (SSSR count). The second-order valence-electron chi connectivity index (χ2n) is 6.41. The van der Waals surface area contributed by atoms with Gasteiger partial charge in [0.2, 0.25) is 5.58 Å². The van der Waals surface area contributed by atoms with E-state index < -0.39 is 5.82 Å². The molecule has 134 valence electrons. The first-order valence-corrected chi connectivity index (χ1v) is 8.32. The number of carbonyl (C=O) groups excluding carboxylic acids is 1. The molecule has 2 atom stereocenters. The molecule has 2 aromatic heterocycles. The normalized spacial score (nSPS) is 20.5. The molecule has 0 saturated carbocycles. The highest BCUT2D eigenvalue weighted by molar-refractivity contribution is 5.99. The average molecular weight is 356 g/mol. The van der Waals surface area contributed by atoms with Crippen molar-refractivity contribution in [2.75, 3.05) is 18.0 Å². The summed E-state index contributed by atoms with van der Waals surface area (Å²) in [6.07, 6.45) is 3.45. The van der Waals surface area contributed by atoms with Crippen LogP contribution < -0.4 is 4.90 Å². The molecular weight excluding hydrogens is 339 g/mol. The molecule has 1 aromatic carbocycles. The van der Waals surface area contributed by atoms with Crippen LogP contribution in [0.5, 0.6) is 0 Å². The van der Waals surface area contributed by atoms with Crippen molar-refractivity contribution < 1.29 is 18.4 Å². The monoisotopic (exact) mass is 356 g/mol. The van der Waals surface area contributed by atoms with Crippen molar-refractivity contribution in [3.05, 3.63) is 36.0 Å². The molecule has 3 heterocycles. The maximum Gasteiger partial charge on any atom is 0.205 e. The van der Waals surface area contributed by atoms with E-state index in [4.69, 9.17) is 9.26 Å². The van der Waals surface area contributed by atoms with E-state index in [2.05, 4.69) is 15.1 Å². The van der Waals surface area contributed by atoms with E-state index in [1.807, 2.05) is 18.7 Å². The van der Waals surface area contributed by atoms with Crippen LogP contribution in [0.3, 0.4) is 0 Å². The molecule has 0 N–H and O–H groups in total. The van der Waals surface area contributed by atoms with Gasteiger partial charge in [-0.15, -0.1) is 0 Å². The number of rotatable bonds is 3. The fourth-order valence-electron chi connectivity index (χ4n) is 3.43. The first-order valence-electron chi connectivity index (χ1n) is 8.32. The van der Waals surface area contributed by atoms with Crippen LogP contribution in [0.2, 0.25) is 0 Å². The molecule has 2 unspecified atom stereocenters. The van der Waals surface area contributed by atoms with E-state index in [0.29, 0.717) is 36.1 Å². The second kappa shape index (κ2) is 6.45. The van der Waals surface area contributed by atoms with Gasteiger partial charge in [0.05, 0.1) is 29.0 Å². The summed E-state index contributed by atoms with van der Waals surface area (Å²) in [5.41, 5.74) is 1.34. The summed E-state index contributed by atoms with van der Waals surface area (Å²) < 4.78 is 26.2. The minimum absolute atomic E-state index is 0.00557. The third-order valence-corrected chi connectivity index (χ3v) is 4.40. The average Bonchev–Trinajstić information content (AvgIpc) is 3.05. The van der Waals surface area contributed by atoms with Crippen molar-refractivity contribution in [3.8, 4) is 11.4 Å². The Hall–Kier alpha value is -2.87. The van der Waals surface area contributed by atoms with Gasteiger partial charge < -0.3 is 14.2 Å². The number of hydrogen-bond acceptors (Lipinski definition) is 7. The number of nitrogens with zero attached hydrogens (tertiary/aromatic N) is 4. The van der Waals surface area contributed by atoms with E-state index in [1.165, 1.54) is 6.33 Å². The Kier molecular flexibility index (Phi) is 4.12. The van der Waals surface area contributed by atoms with E-state index in [9.17, 15) is 4.79 Å². The molecule has 1 aliphatic rings. The number of hydrogen-bond donors (Lipinski definition) is 0. The third-order valence-electron chi connectivity index (χ3n) is 4.40. The Balaban J connectivity index is 1.88. The minimum Gasteiger partial charge on any atom is -0.372 e. The van der Waals surface area contributed by atoms with E-state index in [0.717, 1.165) is 0 Å². The fraction of sp³-hybridized carbons (Fsp3) is 0.333. The molecule has 0 bridgehead atoms. The number of halogens is 1. The number of anilines is 1. The van der Waals surface area contributed by atoms with Crippen LogP contribution in [0.25, 0.3) is 22.4 Å². The Morgan fingerprint density at radius 2 is 2.08 bits per heavy atom. The van der Waals surface area contributed by atoms with E-state index in [1.54, 1.807) is 18.3 Å². The largest absolute Gasteiger partial charge is 0.372 e. The lowest BCUT2D eigenvalue weighted by atomic mass is 10.0. The molecule has 1 saturated heterocycles. The van der Waals surface area contributed by atoms with Crippen LogP contribution >= 0.6 is 0 Å². The van der Waals surface area contributed by atoms with Crippen molar-refractivity contribution >= 4 is 22.9 Å². The molecule has 0 spiro atoms.